The summed E-state index contributed by atoms with van der Waals surface area (Å²) in [5, 5.41) is 19.8. The Hall–Kier alpha value is -3.33. The van der Waals surface area contributed by atoms with Crippen molar-refractivity contribution in [2.45, 2.75) is 24.9 Å². The number of carboxylic acids is 1. The molecule has 1 heterocycles. The maximum atomic E-state index is 13.9. The molecule has 160 valence electrons. The van der Waals surface area contributed by atoms with Gasteiger partial charge in [0.05, 0.1) is 28.3 Å². The maximum Gasteiger partial charge on any atom is 0.326 e. The van der Waals surface area contributed by atoms with Gasteiger partial charge in [-0.3, -0.25) is 4.79 Å². The number of nitrogens with zero attached hydrogens (tertiary/aromatic N) is 2. The fraction of sp³-hybridized carbons (Fsp3) is 0.160. The van der Waals surface area contributed by atoms with Crippen molar-refractivity contribution in [2.24, 2.45) is 0 Å². The van der Waals surface area contributed by atoms with E-state index in [2.05, 4.69) is 6.07 Å². The normalized spacial score (nSPS) is 17.7. The molecule has 3 aromatic rings. The fourth-order valence-electron chi connectivity index (χ4n) is 4.25. The molecule has 1 amide bonds. The fourth-order valence-corrected chi connectivity index (χ4v) is 4.81. The van der Waals surface area contributed by atoms with Crippen LogP contribution < -0.4 is 0 Å². The van der Waals surface area contributed by atoms with Crippen LogP contribution >= 0.6 is 23.2 Å². The van der Waals surface area contributed by atoms with Crippen LogP contribution in [0.15, 0.2) is 66.7 Å². The van der Waals surface area contributed by atoms with E-state index in [1.165, 1.54) is 11.0 Å². The quantitative estimate of drug-likeness (QED) is 0.515. The Labute approximate surface area is 195 Å². The summed E-state index contributed by atoms with van der Waals surface area (Å²) in [5.74, 6) is -1.59. The monoisotopic (exact) mass is 464 g/mol. The third-order valence-corrected chi connectivity index (χ3v) is 6.33. The van der Waals surface area contributed by atoms with Crippen LogP contribution in [0.4, 0.5) is 0 Å². The molecular formula is C25H18Cl2N2O3. The molecule has 0 aromatic heterocycles. The second-order valence-corrected chi connectivity index (χ2v) is 8.35. The van der Waals surface area contributed by atoms with Crippen LogP contribution in [-0.2, 0) is 4.79 Å². The summed E-state index contributed by atoms with van der Waals surface area (Å²) in [6.07, 6.45) is 0.756. The Kier molecular flexibility index (Phi) is 6.18. The van der Waals surface area contributed by atoms with Crippen LogP contribution in [0, 0.1) is 11.3 Å². The number of amides is 1. The molecule has 2 unspecified atom stereocenters. The first-order valence-electron chi connectivity index (χ1n) is 10.0. The predicted molar refractivity (Wildman–Crippen MR) is 123 cm³/mol. The van der Waals surface area contributed by atoms with Gasteiger partial charge in [0.2, 0.25) is 0 Å². The zero-order valence-corrected chi connectivity index (χ0v) is 18.3. The van der Waals surface area contributed by atoms with E-state index in [0.717, 1.165) is 0 Å². The molecule has 0 radical (unpaired) electrons. The molecule has 1 aliphatic rings. The number of carboxylic acid groups (broad SMARTS) is 1. The second kappa shape index (κ2) is 9.04. The van der Waals surface area contributed by atoms with Crippen molar-refractivity contribution in [3.8, 4) is 17.2 Å². The van der Waals surface area contributed by atoms with E-state index in [-0.39, 0.29) is 10.6 Å². The van der Waals surface area contributed by atoms with Gasteiger partial charge in [-0.2, -0.15) is 5.26 Å². The number of carbonyl (C=O) groups excluding carboxylic acids is 1. The molecule has 3 aromatic carbocycles. The maximum absolute atomic E-state index is 13.9. The molecule has 1 aliphatic heterocycles. The summed E-state index contributed by atoms with van der Waals surface area (Å²) in [4.78, 5) is 27.3. The van der Waals surface area contributed by atoms with Gasteiger partial charge in [0.1, 0.15) is 6.04 Å². The molecule has 0 spiro atoms. The number of hydrogen-bond acceptors (Lipinski definition) is 3. The summed E-state index contributed by atoms with van der Waals surface area (Å²) in [5.41, 5.74) is 2.35. The molecule has 1 saturated heterocycles. The van der Waals surface area contributed by atoms with Crippen LogP contribution in [-0.4, -0.2) is 27.9 Å². The summed E-state index contributed by atoms with van der Waals surface area (Å²) >= 11 is 12.9. The van der Waals surface area contributed by atoms with Gasteiger partial charge < -0.3 is 10.0 Å². The van der Waals surface area contributed by atoms with Gasteiger partial charge in [-0.05, 0) is 47.7 Å². The predicted octanol–water partition coefficient (Wildman–Crippen LogP) is 5.96. The number of nitriles is 1. The molecule has 0 bridgehead atoms. The minimum absolute atomic E-state index is 0.0989. The van der Waals surface area contributed by atoms with E-state index < -0.39 is 24.0 Å². The minimum atomic E-state index is -1.08. The Morgan fingerprint density at radius 3 is 2.31 bits per heavy atom. The summed E-state index contributed by atoms with van der Waals surface area (Å²) in [6.45, 7) is 0. The number of hydrogen-bond donors (Lipinski definition) is 1. The average molecular weight is 465 g/mol. The molecule has 1 fully saturated rings. The molecule has 0 saturated carbocycles. The van der Waals surface area contributed by atoms with E-state index in [1.54, 1.807) is 24.3 Å². The summed E-state index contributed by atoms with van der Waals surface area (Å²) < 4.78 is 0. The summed E-state index contributed by atoms with van der Waals surface area (Å²) in [6, 6.07) is 19.8. The molecule has 0 aliphatic carbocycles. The van der Waals surface area contributed by atoms with Gasteiger partial charge in [0.25, 0.3) is 5.91 Å². The minimum Gasteiger partial charge on any atom is -0.480 e. The number of benzene rings is 3. The molecular weight excluding hydrogens is 447 g/mol. The first-order chi connectivity index (χ1) is 15.4. The van der Waals surface area contributed by atoms with Gasteiger partial charge in [-0.1, -0.05) is 71.7 Å². The molecule has 7 heteroatoms. The molecule has 5 nitrogen and oxygen atoms in total. The van der Waals surface area contributed by atoms with Crippen LogP contribution in [0.25, 0.3) is 11.1 Å². The van der Waals surface area contributed by atoms with E-state index >= 15 is 0 Å². The van der Waals surface area contributed by atoms with Crippen LogP contribution in [0.3, 0.4) is 0 Å². The number of carbonyl (C=O) groups is 2. The Bertz CT molecular complexity index is 1240. The van der Waals surface area contributed by atoms with E-state index in [4.69, 9.17) is 23.2 Å². The second-order valence-electron chi connectivity index (χ2n) is 7.54. The third kappa shape index (κ3) is 3.95. The van der Waals surface area contributed by atoms with Crippen molar-refractivity contribution in [2.75, 3.05) is 0 Å². The molecule has 2 atom stereocenters. The zero-order valence-electron chi connectivity index (χ0n) is 16.8. The van der Waals surface area contributed by atoms with Crippen LogP contribution in [0.5, 0.6) is 0 Å². The topological polar surface area (TPSA) is 81.4 Å². The van der Waals surface area contributed by atoms with Crippen molar-refractivity contribution in [1.82, 2.24) is 4.90 Å². The molecule has 1 N–H and O–H groups in total. The van der Waals surface area contributed by atoms with E-state index in [0.29, 0.717) is 40.1 Å². The van der Waals surface area contributed by atoms with E-state index in [1.807, 2.05) is 36.4 Å². The van der Waals surface area contributed by atoms with Crippen molar-refractivity contribution in [3.05, 3.63) is 93.5 Å². The lowest BCUT2D eigenvalue weighted by Gasteiger charge is -2.30. The number of halogens is 2. The van der Waals surface area contributed by atoms with Gasteiger partial charge in [-0.25, -0.2) is 4.79 Å². The highest BCUT2D eigenvalue weighted by Gasteiger charge is 2.43. The van der Waals surface area contributed by atoms with Crippen molar-refractivity contribution < 1.29 is 14.7 Å². The lowest BCUT2D eigenvalue weighted by Crippen LogP contribution is -2.42. The number of rotatable bonds is 4. The van der Waals surface area contributed by atoms with Gasteiger partial charge >= 0.3 is 5.97 Å². The molecule has 4 rings (SSSR count). The first-order valence-corrected chi connectivity index (χ1v) is 10.8. The largest absolute Gasteiger partial charge is 0.480 e. The zero-order chi connectivity index (χ0) is 22.8. The Morgan fingerprint density at radius 2 is 1.66 bits per heavy atom. The Balaban J connectivity index is 1.89. The van der Waals surface area contributed by atoms with Crippen molar-refractivity contribution >= 4 is 35.1 Å². The van der Waals surface area contributed by atoms with E-state index in [9.17, 15) is 20.0 Å². The standard InChI is InChI=1S/C25H18Cl2N2O3/c26-19-9-5-4-8-17(19)21-10-11-22(25(31)32)29(21)24(30)23-18(16-6-2-1-3-7-16)12-15(14-28)13-20(23)27/h1-9,12-13,21-22H,10-11H2,(H,31,32). The molecule has 32 heavy (non-hydrogen) atoms. The van der Waals surface area contributed by atoms with Gasteiger partial charge in [-0.15, -0.1) is 0 Å². The smallest absolute Gasteiger partial charge is 0.326 e. The number of likely N-dealkylation sites (tertiary alicyclic amines) is 1. The van der Waals surface area contributed by atoms with Crippen LogP contribution in [0.2, 0.25) is 10.0 Å². The Morgan fingerprint density at radius 1 is 0.969 bits per heavy atom. The highest BCUT2D eigenvalue weighted by atomic mass is 35.5. The average Bonchev–Trinajstić information content (AvgIpc) is 3.24. The first kappa shape index (κ1) is 21.9. The van der Waals surface area contributed by atoms with Gasteiger partial charge in [0, 0.05) is 5.02 Å². The summed E-state index contributed by atoms with van der Waals surface area (Å²) in [7, 11) is 0. The number of aliphatic carboxylic acids is 1. The lowest BCUT2D eigenvalue weighted by molar-refractivity contribution is -0.141. The SMILES string of the molecule is N#Cc1cc(Cl)c(C(=O)N2C(C(=O)O)CCC2c2ccccc2Cl)c(-c2ccccc2)c1. The highest BCUT2D eigenvalue weighted by molar-refractivity contribution is 6.35. The van der Waals surface area contributed by atoms with Crippen molar-refractivity contribution in [1.29, 1.82) is 5.26 Å². The highest BCUT2D eigenvalue weighted by Crippen LogP contribution is 2.42. The van der Waals surface area contributed by atoms with Crippen LogP contribution in [0.1, 0.15) is 40.4 Å². The van der Waals surface area contributed by atoms with Gasteiger partial charge in [0.15, 0.2) is 0 Å². The lowest BCUT2D eigenvalue weighted by atomic mass is 9.95. The van der Waals surface area contributed by atoms with Crippen molar-refractivity contribution in [3.63, 3.8) is 0 Å². The third-order valence-electron chi connectivity index (χ3n) is 5.69.